The number of carbonyl (C=O) groups is 1. The highest BCUT2D eigenvalue weighted by Crippen LogP contribution is 2.22. The number of ether oxygens (including phenoxy) is 1. The van der Waals surface area contributed by atoms with Crippen molar-refractivity contribution in [3.8, 4) is 0 Å². The van der Waals surface area contributed by atoms with Crippen molar-refractivity contribution < 1.29 is 9.53 Å². The lowest BCUT2D eigenvalue weighted by Gasteiger charge is -2.17. The molecule has 1 aliphatic heterocycles. The van der Waals surface area contributed by atoms with Crippen LogP contribution in [-0.2, 0) is 11.3 Å². The van der Waals surface area contributed by atoms with Gasteiger partial charge in [0.15, 0.2) is 0 Å². The van der Waals surface area contributed by atoms with Gasteiger partial charge in [0, 0.05) is 6.54 Å². The van der Waals surface area contributed by atoms with Crippen molar-refractivity contribution >= 4 is 6.09 Å². The van der Waals surface area contributed by atoms with Crippen LogP contribution in [0.2, 0.25) is 0 Å². The molecule has 2 rings (SSSR count). The quantitative estimate of drug-likeness (QED) is 0.739. The smallest absolute Gasteiger partial charge is 0.413 e. The Morgan fingerprint density at radius 2 is 2.07 bits per heavy atom. The minimum absolute atomic E-state index is 0.0438. The zero-order valence-corrected chi connectivity index (χ0v) is 8.64. The van der Waals surface area contributed by atoms with E-state index in [9.17, 15) is 4.79 Å². The van der Waals surface area contributed by atoms with Crippen molar-refractivity contribution in [2.75, 3.05) is 0 Å². The van der Waals surface area contributed by atoms with E-state index in [0.717, 1.165) is 5.56 Å². The molecular weight excluding hydrogens is 190 g/mol. The highest BCUT2D eigenvalue weighted by atomic mass is 16.6. The molecule has 3 nitrogen and oxygen atoms in total. The number of nitrogens with zero attached hydrogens (tertiary/aromatic N) is 1. The Bertz CT molecular complexity index is 386. The monoisotopic (exact) mass is 203 g/mol. The van der Waals surface area contributed by atoms with Gasteiger partial charge in [-0.3, -0.25) is 4.90 Å². The molecule has 0 saturated carbocycles. The van der Waals surface area contributed by atoms with E-state index in [1.165, 1.54) is 0 Å². The maximum Gasteiger partial charge on any atom is 0.415 e. The van der Waals surface area contributed by atoms with Crippen LogP contribution in [0.15, 0.2) is 42.7 Å². The van der Waals surface area contributed by atoms with Gasteiger partial charge in [-0.15, -0.1) is 0 Å². The molecule has 1 amide bonds. The number of hydrogen-bond donors (Lipinski definition) is 0. The lowest BCUT2D eigenvalue weighted by atomic mass is 10.2. The molecule has 1 fully saturated rings. The van der Waals surface area contributed by atoms with Crippen LogP contribution in [0, 0.1) is 0 Å². The summed E-state index contributed by atoms with van der Waals surface area (Å²) in [7, 11) is 0. The van der Waals surface area contributed by atoms with E-state index in [1.807, 2.05) is 37.3 Å². The zero-order valence-electron chi connectivity index (χ0n) is 8.64. The van der Waals surface area contributed by atoms with Crippen LogP contribution in [0.4, 0.5) is 4.79 Å². The van der Waals surface area contributed by atoms with E-state index in [0.29, 0.717) is 12.3 Å². The van der Waals surface area contributed by atoms with Crippen LogP contribution in [0.5, 0.6) is 0 Å². The number of benzene rings is 1. The Hall–Kier alpha value is -1.77. The average Bonchev–Trinajstić information content (AvgIpc) is 2.47. The number of rotatable bonds is 2. The second-order valence-electron chi connectivity index (χ2n) is 3.62. The number of amides is 1. The van der Waals surface area contributed by atoms with E-state index < -0.39 is 0 Å². The second kappa shape index (κ2) is 3.77. The molecule has 15 heavy (non-hydrogen) atoms. The molecule has 78 valence electrons. The van der Waals surface area contributed by atoms with Gasteiger partial charge in [0.1, 0.15) is 5.76 Å². The van der Waals surface area contributed by atoms with Crippen LogP contribution < -0.4 is 0 Å². The van der Waals surface area contributed by atoms with Gasteiger partial charge >= 0.3 is 6.09 Å². The fourth-order valence-corrected chi connectivity index (χ4v) is 1.57. The topological polar surface area (TPSA) is 29.5 Å². The molecular formula is C12H13NO2. The molecule has 0 aromatic heterocycles. The lowest BCUT2D eigenvalue weighted by molar-refractivity contribution is 0.164. The van der Waals surface area contributed by atoms with Gasteiger partial charge in [-0.25, -0.2) is 4.79 Å². The van der Waals surface area contributed by atoms with E-state index >= 15 is 0 Å². The summed E-state index contributed by atoms with van der Waals surface area (Å²) < 4.78 is 4.95. The minimum Gasteiger partial charge on any atom is -0.413 e. The third kappa shape index (κ3) is 1.86. The summed E-state index contributed by atoms with van der Waals surface area (Å²) in [6.07, 6.45) is -0.309. The first-order valence-electron chi connectivity index (χ1n) is 4.89. The molecule has 1 aliphatic rings. The van der Waals surface area contributed by atoms with E-state index in [-0.39, 0.29) is 12.1 Å². The molecule has 0 aliphatic carbocycles. The molecule has 0 radical (unpaired) electrons. The summed E-state index contributed by atoms with van der Waals surface area (Å²) in [5.41, 5.74) is 1.09. The average molecular weight is 203 g/mol. The first-order chi connectivity index (χ1) is 7.18. The van der Waals surface area contributed by atoms with Crippen LogP contribution in [-0.4, -0.2) is 17.0 Å². The van der Waals surface area contributed by atoms with Crippen LogP contribution in [0.3, 0.4) is 0 Å². The Morgan fingerprint density at radius 1 is 1.40 bits per heavy atom. The normalized spacial score (nSPS) is 20.6. The molecule has 1 heterocycles. The molecule has 3 heteroatoms. The minimum atomic E-state index is -0.309. The predicted octanol–water partition coefficient (Wildman–Crippen LogP) is 2.54. The Labute approximate surface area is 89.0 Å². The highest BCUT2D eigenvalue weighted by molar-refractivity contribution is 5.72. The van der Waals surface area contributed by atoms with Gasteiger partial charge in [0.2, 0.25) is 0 Å². The van der Waals surface area contributed by atoms with Crippen LogP contribution in [0.25, 0.3) is 0 Å². The summed E-state index contributed by atoms with van der Waals surface area (Å²) in [5, 5.41) is 0. The zero-order chi connectivity index (χ0) is 10.8. The van der Waals surface area contributed by atoms with Gasteiger partial charge in [0.25, 0.3) is 0 Å². The van der Waals surface area contributed by atoms with Gasteiger partial charge in [-0.2, -0.15) is 0 Å². The second-order valence-corrected chi connectivity index (χ2v) is 3.62. The van der Waals surface area contributed by atoms with Crippen molar-refractivity contribution in [2.24, 2.45) is 0 Å². The number of cyclic esters (lactones) is 1. The fraction of sp³-hybridized carbons (Fsp3) is 0.250. The third-order valence-corrected chi connectivity index (χ3v) is 2.58. The van der Waals surface area contributed by atoms with E-state index in [4.69, 9.17) is 4.74 Å². The van der Waals surface area contributed by atoms with Gasteiger partial charge in [-0.05, 0) is 12.5 Å². The molecule has 0 N–H and O–H groups in total. The Kier molecular flexibility index (Phi) is 2.46. The standard InChI is InChI=1S/C12H13NO2/c1-9-10(2)15-12(14)13(9)8-11-6-4-3-5-7-11/h3-7,9H,2,8H2,1H3. The Morgan fingerprint density at radius 3 is 2.60 bits per heavy atom. The molecule has 0 spiro atoms. The highest BCUT2D eigenvalue weighted by Gasteiger charge is 2.32. The molecule has 1 aromatic carbocycles. The third-order valence-electron chi connectivity index (χ3n) is 2.58. The van der Waals surface area contributed by atoms with Gasteiger partial charge < -0.3 is 4.74 Å². The van der Waals surface area contributed by atoms with Gasteiger partial charge in [0.05, 0.1) is 6.04 Å². The molecule has 1 saturated heterocycles. The largest absolute Gasteiger partial charge is 0.415 e. The molecule has 1 aromatic rings. The van der Waals surface area contributed by atoms with E-state index in [2.05, 4.69) is 6.58 Å². The SMILES string of the molecule is C=C1OC(=O)N(Cc2ccccc2)C1C. The number of carbonyl (C=O) groups excluding carboxylic acids is 1. The van der Waals surface area contributed by atoms with Crippen LogP contribution >= 0.6 is 0 Å². The summed E-state index contributed by atoms with van der Waals surface area (Å²) in [4.78, 5) is 13.1. The molecule has 1 unspecified atom stereocenters. The maximum absolute atomic E-state index is 11.4. The van der Waals surface area contributed by atoms with Crippen molar-refractivity contribution in [2.45, 2.75) is 19.5 Å². The number of hydrogen-bond acceptors (Lipinski definition) is 2. The van der Waals surface area contributed by atoms with Crippen LogP contribution in [0.1, 0.15) is 12.5 Å². The fourth-order valence-electron chi connectivity index (χ4n) is 1.57. The first kappa shape index (κ1) is 9.77. The molecule has 1 atom stereocenters. The summed E-state index contributed by atoms with van der Waals surface area (Å²) in [6, 6.07) is 9.79. The van der Waals surface area contributed by atoms with Crippen molar-refractivity contribution in [1.29, 1.82) is 0 Å². The van der Waals surface area contributed by atoms with E-state index in [1.54, 1.807) is 4.90 Å². The summed E-state index contributed by atoms with van der Waals surface area (Å²) in [6.45, 7) is 6.17. The predicted molar refractivity (Wildman–Crippen MR) is 57.1 cm³/mol. The van der Waals surface area contributed by atoms with Gasteiger partial charge in [-0.1, -0.05) is 36.9 Å². The summed E-state index contributed by atoms with van der Waals surface area (Å²) in [5.74, 6) is 0.524. The first-order valence-corrected chi connectivity index (χ1v) is 4.89. The van der Waals surface area contributed by atoms with Crippen molar-refractivity contribution in [3.63, 3.8) is 0 Å². The lowest BCUT2D eigenvalue weighted by Crippen LogP contribution is -2.29. The maximum atomic E-state index is 11.4. The molecule has 0 bridgehead atoms. The van der Waals surface area contributed by atoms with Crippen molar-refractivity contribution in [1.82, 2.24) is 4.90 Å². The summed E-state index contributed by atoms with van der Waals surface area (Å²) >= 11 is 0. The van der Waals surface area contributed by atoms with Crippen molar-refractivity contribution in [3.05, 3.63) is 48.2 Å². The Balaban J connectivity index is 2.13.